The van der Waals surface area contributed by atoms with Gasteiger partial charge in [-0.1, -0.05) is 66.7 Å². The van der Waals surface area contributed by atoms with Crippen LogP contribution >= 0.6 is 0 Å². The van der Waals surface area contributed by atoms with E-state index in [9.17, 15) is 0 Å². The van der Waals surface area contributed by atoms with Gasteiger partial charge in [-0.2, -0.15) is 0 Å². The molecule has 3 heteroatoms. The van der Waals surface area contributed by atoms with E-state index in [-0.39, 0.29) is 0 Å². The van der Waals surface area contributed by atoms with Gasteiger partial charge in [-0.05, 0) is 46.8 Å². The molecule has 7 rings (SSSR count). The van der Waals surface area contributed by atoms with Crippen LogP contribution in [0, 0.1) is 0 Å². The first-order valence-electron chi connectivity index (χ1n) is 11.1. The van der Waals surface area contributed by atoms with Crippen molar-refractivity contribution in [3.05, 3.63) is 116 Å². The minimum atomic E-state index is 1.02. The molecule has 0 amide bonds. The quantitative estimate of drug-likeness (QED) is 0.270. The molecule has 3 nitrogen and oxygen atoms in total. The molecule has 0 fully saturated rings. The first-order valence-corrected chi connectivity index (χ1v) is 11.1. The van der Waals surface area contributed by atoms with Crippen molar-refractivity contribution in [2.24, 2.45) is 0 Å². The second-order valence-corrected chi connectivity index (χ2v) is 8.34. The molecule has 0 unspecified atom stereocenters. The fraction of sp³-hybridized carbons (Fsp3) is 0. The van der Waals surface area contributed by atoms with Crippen LogP contribution in [0.25, 0.3) is 60.3 Å². The highest BCUT2D eigenvalue weighted by atomic mass is 15.0. The maximum atomic E-state index is 4.77. The van der Waals surface area contributed by atoms with E-state index in [0.717, 1.165) is 33.0 Å². The number of hydrogen-bond donors (Lipinski definition) is 0. The number of hydrogen-bond acceptors (Lipinski definition) is 2. The molecular weight excluding hydrogens is 402 g/mol. The predicted molar refractivity (Wildman–Crippen MR) is 137 cm³/mol. The van der Waals surface area contributed by atoms with Gasteiger partial charge in [0.05, 0.1) is 22.2 Å². The second-order valence-electron chi connectivity index (χ2n) is 8.34. The number of aromatic nitrogens is 3. The molecule has 7 aromatic rings. The van der Waals surface area contributed by atoms with Crippen LogP contribution < -0.4 is 0 Å². The Balaban J connectivity index is 1.62. The van der Waals surface area contributed by atoms with Crippen LogP contribution in [0.5, 0.6) is 0 Å². The Hall–Kier alpha value is -4.50. The summed E-state index contributed by atoms with van der Waals surface area (Å²) in [6.07, 6.45) is 5.72. The Morgan fingerprint density at radius 3 is 2.36 bits per heavy atom. The average Bonchev–Trinajstić information content (AvgIpc) is 3.22. The molecule has 33 heavy (non-hydrogen) atoms. The number of nitrogens with zero attached hydrogens (tertiary/aromatic N) is 3. The van der Waals surface area contributed by atoms with E-state index in [4.69, 9.17) is 4.98 Å². The van der Waals surface area contributed by atoms with E-state index in [2.05, 4.69) is 101 Å². The van der Waals surface area contributed by atoms with Gasteiger partial charge < -0.3 is 4.57 Å². The molecule has 4 aromatic carbocycles. The number of fused-ring (bicyclic) bond motifs is 6. The molecule has 0 aliphatic rings. The zero-order valence-electron chi connectivity index (χ0n) is 17.8. The standard InChI is InChI=1S/C30H19N3/c1-2-6-20(7-3-1)23-13-14-26-24(18-23)25-19-31-17-15-27(25)33(26)28-10-4-8-21-11-12-22-9-5-16-32-30(22)29(21)28/h1-19H. The van der Waals surface area contributed by atoms with Gasteiger partial charge in [-0.3, -0.25) is 9.97 Å². The highest BCUT2D eigenvalue weighted by molar-refractivity contribution is 6.14. The third-order valence-electron chi connectivity index (χ3n) is 6.51. The Kier molecular flexibility index (Phi) is 3.84. The highest BCUT2D eigenvalue weighted by Gasteiger charge is 2.16. The zero-order valence-corrected chi connectivity index (χ0v) is 17.8. The first kappa shape index (κ1) is 18.1. The van der Waals surface area contributed by atoms with Gasteiger partial charge in [0.25, 0.3) is 0 Å². The molecule has 0 N–H and O–H groups in total. The topological polar surface area (TPSA) is 30.7 Å². The molecule has 0 bridgehead atoms. The molecule has 3 heterocycles. The SMILES string of the molecule is c1ccc(-c2ccc3c(c2)c2cnccc2n3-c2cccc3ccc4cccnc4c23)cc1. The average molecular weight is 422 g/mol. The summed E-state index contributed by atoms with van der Waals surface area (Å²) in [6.45, 7) is 0. The van der Waals surface area contributed by atoms with Crippen molar-refractivity contribution in [1.29, 1.82) is 0 Å². The Bertz CT molecular complexity index is 1810. The van der Waals surface area contributed by atoms with Crippen LogP contribution in [0.1, 0.15) is 0 Å². The normalized spacial score (nSPS) is 11.6. The van der Waals surface area contributed by atoms with Crippen molar-refractivity contribution in [2.45, 2.75) is 0 Å². The van der Waals surface area contributed by atoms with Crippen molar-refractivity contribution in [1.82, 2.24) is 14.5 Å². The first-order chi connectivity index (χ1) is 16.4. The van der Waals surface area contributed by atoms with Crippen molar-refractivity contribution in [2.75, 3.05) is 0 Å². The van der Waals surface area contributed by atoms with Crippen molar-refractivity contribution >= 4 is 43.5 Å². The summed E-state index contributed by atoms with van der Waals surface area (Å²) >= 11 is 0. The maximum absolute atomic E-state index is 4.77. The van der Waals surface area contributed by atoms with Crippen LogP contribution in [0.4, 0.5) is 0 Å². The number of pyridine rings is 2. The molecule has 0 saturated carbocycles. The van der Waals surface area contributed by atoms with Crippen LogP contribution in [-0.4, -0.2) is 14.5 Å². The lowest BCUT2D eigenvalue weighted by Crippen LogP contribution is -1.96. The summed E-state index contributed by atoms with van der Waals surface area (Å²) in [6, 6.07) is 34.3. The van der Waals surface area contributed by atoms with Gasteiger partial charge in [0.2, 0.25) is 0 Å². The molecule has 0 radical (unpaired) electrons. The minimum absolute atomic E-state index is 1.02. The van der Waals surface area contributed by atoms with E-state index in [1.54, 1.807) is 0 Å². The van der Waals surface area contributed by atoms with E-state index in [1.165, 1.54) is 27.3 Å². The van der Waals surface area contributed by atoms with E-state index >= 15 is 0 Å². The Morgan fingerprint density at radius 2 is 1.42 bits per heavy atom. The molecule has 3 aromatic heterocycles. The summed E-state index contributed by atoms with van der Waals surface area (Å²) in [4.78, 5) is 9.23. The van der Waals surface area contributed by atoms with Gasteiger partial charge in [0.1, 0.15) is 0 Å². The lowest BCUT2D eigenvalue weighted by molar-refractivity contribution is 1.19. The predicted octanol–water partition coefficient (Wildman–Crippen LogP) is 7.55. The molecule has 0 aliphatic carbocycles. The molecule has 0 spiro atoms. The summed E-state index contributed by atoms with van der Waals surface area (Å²) < 4.78 is 2.36. The van der Waals surface area contributed by atoms with E-state index in [1.807, 2.05) is 24.7 Å². The zero-order chi connectivity index (χ0) is 21.8. The van der Waals surface area contributed by atoms with Crippen molar-refractivity contribution in [3.8, 4) is 16.8 Å². The van der Waals surface area contributed by atoms with Gasteiger partial charge in [-0.25, -0.2) is 0 Å². The van der Waals surface area contributed by atoms with Gasteiger partial charge >= 0.3 is 0 Å². The van der Waals surface area contributed by atoms with Gasteiger partial charge in [-0.15, -0.1) is 0 Å². The van der Waals surface area contributed by atoms with E-state index < -0.39 is 0 Å². The largest absolute Gasteiger partial charge is 0.308 e. The maximum Gasteiger partial charge on any atom is 0.0801 e. The Morgan fingerprint density at radius 1 is 0.576 bits per heavy atom. The summed E-state index contributed by atoms with van der Waals surface area (Å²) in [5, 5.41) is 5.84. The number of benzene rings is 4. The lowest BCUT2D eigenvalue weighted by atomic mass is 10.0. The summed E-state index contributed by atoms with van der Waals surface area (Å²) in [7, 11) is 0. The van der Waals surface area contributed by atoms with Crippen molar-refractivity contribution in [3.63, 3.8) is 0 Å². The molecule has 154 valence electrons. The summed E-state index contributed by atoms with van der Waals surface area (Å²) in [5.74, 6) is 0. The molecule has 0 saturated heterocycles. The van der Waals surface area contributed by atoms with Crippen LogP contribution in [0.15, 0.2) is 116 Å². The monoisotopic (exact) mass is 421 g/mol. The van der Waals surface area contributed by atoms with Crippen LogP contribution in [-0.2, 0) is 0 Å². The third kappa shape index (κ3) is 2.69. The molecule has 0 atom stereocenters. The number of rotatable bonds is 2. The lowest BCUT2D eigenvalue weighted by Gasteiger charge is -2.13. The third-order valence-corrected chi connectivity index (χ3v) is 6.51. The van der Waals surface area contributed by atoms with Crippen molar-refractivity contribution < 1.29 is 0 Å². The van der Waals surface area contributed by atoms with Gasteiger partial charge in [0, 0.05) is 40.1 Å². The smallest absolute Gasteiger partial charge is 0.0801 e. The Labute approximate surface area is 190 Å². The molecular formula is C30H19N3. The fourth-order valence-electron chi connectivity index (χ4n) is 5.02. The minimum Gasteiger partial charge on any atom is -0.308 e. The van der Waals surface area contributed by atoms with E-state index in [0.29, 0.717) is 0 Å². The fourth-order valence-corrected chi connectivity index (χ4v) is 5.02. The molecule has 0 aliphatic heterocycles. The summed E-state index contributed by atoms with van der Waals surface area (Å²) in [5.41, 5.74) is 6.88. The van der Waals surface area contributed by atoms with Gasteiger partial charge in [0.15, 0.2) is 0 Å². The second kappa shape index (κ2) is 7.01. The van der Waals surface area contributed by atoms with Crippen LogP contribution in [0.3, 0.4) is 0 Å². The highest BCUT2D eigenvalue weighted by Crippen LogP contribution is 2.37. The van der Waals surface area contributed by atoms with Crippen LogP contribution in [0.2, 0.25) is 0 Å².